The van der Waals surface area contributed by atoms with E-state index in [4.69, 9.17) is 39.8 Å². The number of benzene rings is 1. The first-order chi connectivity index (χ1) is 15.3. The summed E-state index contributed by atoms with van der Waals surface area (Å²) in [4.78, 5) is 30.0. The molecule has 1 atom stereocenters. The molecule has 5 nitrogen and oxygen atoms in total. The van der Waals surface area contributed by atoms with Crippen LogP contribution in [-0.4, -0.2) is 25.8 Å². The largest absolute Gasteiger partial charge is 0.335 e. The van der Waals surface area contributed by atoms with Gasteiger partial charge in [0.25, 0.3) is 0 Å². The number of thioether (sulfide) groups is 1. The van der Waals surface area contributed by atoms with Crippen molar-refractivity contribution in [2.45, 2.75) is 32.2 Å². The summed E-state index contributed by atoms with van der Waals surface area (Å²) >= 11 is 22.7. The van der Waals surface area contributed by atoms with Gasteiger partial charge in [-0.2, -0.15) is 0 Å². The lowest BCUT2D eigenvalue weighted by atomic mass is 9.92. The molecule has 166 valence electrons. The lowest BCUT2D eigenvalue weighted by Gasteiger charge is -2.38. The summed E-state index contributed by atoms with van der Waals surface area (Å²) in [5, 5.41) is 1.45. The van der Waals surface area contributed by atoms with Gasteiger partial charge in [-0.05, 0) is 31.5 Å². The zero-order chi connectivity index (χ0) is 22.8. The van der Waals surface area contributed by atoms with Crippen molar-refractivity contribution >= 4 is 80.2 Å². The Morgan fingerprint density at radius 2 is 1.69 bits per heavy atom. The third-order valence-corrected chi connectivity index (χ3v) is 8.46. The fraction of sp³-hybridized carbons (Fsp3) is 0.238. The Bertz CT molecular complexity index is 1200. The molecule has 1 aliphatic heterocycles. The number of hydrogen-bond donors (Lipinski definition) is 0. The Kier molecular flexibility index (Phi) is 7.59. The Labute approximate surface area is 213 Å². The molecule has 0 N–H and O–H groups in total. The number of hydrogen-bond acceptors (Lipinski definition) is 8. The van der Waals surface area contributed by atoms with E-state index in [9.17, 15) is 4.79 Å². The summed E-state index contributed by atoms with van der Waals surface area (Å²) in [5.74, 6) is 0.649. The number of ketones is 1. The van der Waals surface area contributed by atoms with Gasteiger partial charge < -0.3 is 4.90 Å². The average molecular weight is 544 g/mol. The number of allylic oxidation sites excluding steroid dienone is 1. The van der Waals surface area contributed by atoms with Crippen LogP contribution in [0.2, 0.25) is 14.0 Å². The van der Waals surface area contributed by atoms with Crippen LogP contribution in [0.1, 0.15) is 35.2 Å². The number of aliphatic imine (C=N–C) groups is 1. The Morgan fingerprint density at radius 1 is 1.06 bits per heavy atom. The van der Waals surface area contributed by atoms with Crippen LogP contribution in [-0.2, 0) is 17.1 Å². The summed E-state index contributed by atoms with van der Waals surface area (Å²) < 4.78 is 0.986. The number of nitrogens with zero attached hydrogens (tertiary/aromatic N) is 4. The van der Waals surface area contributed by atoms with Crippen molar-refractivity contribution in [2.75, 3.05) is 0 Å². The first-order valence-corrected chi connectivity index (χ1v) is 13.2. The van der Waals surface area contributed by atoms with Crippen LogP contribution < -0.4 is 0 Å². The van der Waals surface area contributed by atoms with Crippen molar-refractivity contribution < 1.29 is 4.79 Å². The van der Waals surface area contributed by atoms with Crippen LogP contribution in [0, 0.1) is 0 Å². The van der Waals surface area contributed by atoms with Gasteiger partial charge in [0.1, 0.15) is 0 Å². The SMILES string of the molecule is CC(=O)C1=C(C)N=C(SCc2cnc(Cl)s2)N(Cc2cnc(Cl)s2)C1c1ccc(Cl)cc1. The van der Waals surface area contributed by atoms with Gasteiger partial charge in [0.05, 0.1) is 12.6 Å². The minimum Gasteiger partial charge on any atom is -0.335 e. The predicted octanol–water partition coefficient (Wildman–Crippen LogP) is 7.27. The van der Waals surface area contributed by atoms with Crippen molar-refractivity contribution in [2.24, 2.45) is 4.99 Å². The highest BCUT2D eigenvalue weighted by atomic mass is 35.5. The van der Waals surface area contributed by atoms with Gasteiger partial charge in [-0.25, -0.2) is 15.0 Å². The third kappa shape index (κ3) is 5.38. The molecule has 0 fully saturated rings. The molecule has 2 aromatic heterocycles. The average Bonchev–Trinajstić information content (AvgIpc) is 3.35. The van der Waals surface area contributed by atoms with E-state index in [1.807, 2.05) is 31.2 Å². The molecule has 4 rings (SSSR count). The maximum Gasteiger partial charge on any atom is 0.183 e. The highest BCUT2D eigenvalue weighted by molar-refractivity contribution is 8.13. The minimum absolute atomic E-state index is 0.0168. The van der Waals surface area contributed by atoms with E-state index in [1.165, 1.54) is 22.7 Å². The number of halogens is 3. The lowest BCUT2D eigenvalue weighted by Crippen LogP contribution is -2.38. The topological polar surface area (TPSA) is 58.5 Å². The molecule has 0 spiro atoms. The van der Waals surface area contributed by atoms with E-state index in [-0.39, 0.29) is 11.8 Å². The summed E-state index contributed by atoms with van der Waals surface area (Å²) in [6.45, 7) is 3.97. The maximum atomic E-state index is 12.7. The third-order valence-electron chi connectivity index (χ3n) is 4.77. The summed E-state index contributed by atoms with van der Waals surface area (Å²) in [5.41, 5.74) is 2.33. The van der Waals surface area contributed by atoms with E-state index in [0.29, 0.717) is 37.5 Å². The van der Waals surface area contributed by atoms with Gasteiger partial charge in [-0.15, -0.1) is 22.7 Å². The normalized spacial score (nSPS) is 16.5. The standard InChI is InChI=1S/C21H17Cl3N4OS3/c1-11-17(12(2)29)18(13-3-5-14(22)6-4-13)28(9-15-7-25-19(23)31-15)21(27-11)30-10-16-8-26-20(24)32-16/h3-8,18H,9-10H2,1-2H3. The Morgan fingerprint density at radius 3 is 2.25 bits per heavy atom. The van der Waals surface area contributed by atoms with Crippen LogP contribution in [0.15, 0.2) is 52.9 Å². The Balaban J connectivity index is 1.76. The van der Waals surface area contributed by atoms with Crippen LogP contribution in [0.25, 0.3) is 0 Å². The second-order valence-electron chi connectivity index (χ2n) is 6.98. The predicted molar refractivity (Wildman–Crippen MR) is 136 cm³/mol. The number of amidine groups is 1. The van der Waals surface area contributed by atoms with Gasteiger partial charge >= 0.3 is 0 Å². The fourth-order valence-corrected chi connectivity index (χ4v) is 6.63. The summed E-state index contributed by atoms with van der Waals surface area (Å²) in [6, 6.07) is 7.27. The molecular formula is C21H17Cl3N4OS3. The number of Topliss-reactive ketones (excluding diaryl/α,β-unsaturated/α-hetero) is 1. The van der Waals surface area contributed by atoms with E-state index in [2.05, 4.69) is 14.9 Å². The Hall–Kier alpha value is -1.42. The number of carbonyl (C=O) groups excluding carboxylic acids is 1. The second kappa shape index (κ2) is 10.2. The van der Waals surface area contributed by atoms with E-state index >= 15 is 0 Å². The van der Waals surface area contributed by atoms with Gasteiger partial charge in [0.15, 0.2) is 19.9 Å². The molecule has 0 amide bonds. The van der Waals surface area contributed by atoms with Crippen LogP contribution in [0.5, 0.6) is 0 Å². The van der Waals surface area contributed by atoms with Gasteiger partial charge in [0.2, 0.25) is 0 Å². The molecule has 1 aliphatic rings. The monoisotopic (exact) mass is 542 g/mol. The van der Waals surface area contributed by atoms with Crippen LogP contribution in [0.4, 0.5) is 0 Å². The molecule has 1 aromatic carbocycles. The van der Waals surface area contributed by atoms with Crippen LogP contribution in [0.3, 0.4) is 0 Å². The summed E-state index contributed by atoms with van der Waals surface area (Å²) in [6.07, 6.45) is 3.53. The number of carbonyl (C=O) groups is 1. The summed E-state index contributed by atoms with van der Waals surface area (Å²) in [7, 11) is 0. The van der Waals surface area contributed by atoms with Crippen molar-refractivity contribution in [1.82, 2.24) is 14.9 Å². The maximum absolute atomic E-state index is 12.7. The second-order valence-corrected chi connectivity index (χ2v) is 11.8. The van der Waals surface area contributed by atoms with Crippen molar-refractivity contribution in [3.05, 3.63) is 77.2 Å². The van der Waals surface area contributed by atoms with Gasteiger partial charge in [0, 0.05) is 44.2 Å². The van der Waals surface area contributed by atoms with E-state index in [0.717, 1.165) is 20.5 Å². The van der Waals surface area contributed by atoms with Crippen molar-refractivity contribution in [3.8, 4) is 0 Å². The highest BCUT2D eigenvalue weighted by Crippen LogP contribution is 2.40. The zero-order valence-corrected chi connectivity index (χ0v) is 21.7. The number of thiazole rings is 2. The smallest absolute Gasteiger partial charge is 0.183 e. The van der Waals surface area contributed by atoms with E-state index < -0.39 is 0 Å². The van der Waals surface area contributed by atoms with E-state index in [1.54, 1.807) is 31.1 Å². The molecular weight excluding hydrogens is 527 g/mol. The minimum atomic E-state index is -0.310. The lowest BCUT2D eigenvalue weighted by molar-refractivity contribution is -0.114. The molecule has 0 bridgehead atoms. The number of rotatable bonds is 6. The molecule has 0 saturated heterocycles. The van der Waals surface area contributed by atoms with Crippen molar-refractivity contribution in [3.63, 3.8) is 0 Å². The molecule has 3 heterocycles. The molecule has 11 heteroatoms. The van der Waals surface area contributed by atoms with Gasteiger partial charge in [-0.3, -0.25) is 4.79 Å². The fourth-order valence-electron chi connectivity index (χ4n) is 3.46. The quantitative estimate of drug-likeness (QED) is 0.327. The zero-order valence-electron chi connectivity index (χ0n) is 17.0. The highest BCUT2D eigenvalue weighted by Gasteiger charge is 2.35. The van der Waals surface area contributed by atoms with Crippen molar-refractivity contribution in [1.29, 1.82) is 0 Å². The molecule has 0 radical (unpaired) electrons. The molecule has 3 aromatic rings. The van der Waals surface area contributed by atoms with Gasteiger partial charge in [-0.1, -0.05) is 58.7 Å². The molecule has 0 aliphatic carbocycles. The number of aromatic nitrogens is 2. The molecule has 0 saturated carbocycles. The molecule has 1 unspecified atom stereocenters. The first kappa shape index (κ1) is 23.7. The first-order valence-electron chi connectivity index (χ1n) is 9.47. The molecule has 32 heavy (non-hydrogen) atoms. The van der Waals surface area contributed by atoms with Crippen LogP contribution >= 0.6 is 69.2 Å².